The molecule has 2 fully saturated rings. The predicted octanol–water partition coefficient (Wildman–Crippen LogP) is 6.52. The van der Waals surface area contributed by atoms with E-state index in [1.54, 1.807) is 0 Å². The van der Waals surface area contributed by atoms with Crippen molar-refractivity contribution < 1.29 is 4.74 Å². The minimum Gasteiger partial charge on any atom is -0.378 e. The third kappa shape index (κ3) is 6.44. The molecule has 128 valence electrons. The molecule has 2 rings (SSSR count). The van der Waals surface area contributed by atoms with Gasteiger partial charge in [-0.1, -0.05) is 38.8 Å². The number of hydrogen-bond donors (Lipinski definition) is 0. The van der Waals surface area contributed by atoms with Crippen molar-refractivity contribution in [2.75, 3.05) is 6.61 Å². The van der Waals surface area contributed by atoms with Gasteiger partial charge in [0, 0.05) is 6.61 Å². The lowest BCUT2D eigenvalue weighted by molar-refractivity contribution is 0.0168. The molecule has 0 spiro atoms. The molecular weight excluding hydrogens is 268 g/mol. The van der Waals surface area contributed by atoms with Crippen LogP contribution in [0.15, 0.2) is 12.2 Å². The van der Waals surface area contributed by atoms with Crippen LogP contribution in [0.25, 0.3) is 0 Å². The summed E-state index contributed by atoms with van der Waals surface area (Å²) < 4.78 is 5.91. The molecule has 2 aliphatic rings. The van der Waals surface area contributed by atoms with Gasteiger partial charge in [-0.25, -0.2) is 0 Å². The molecule has 0 aromatic rings. The van der Waals surface area contributed by atoms with Crippen LogP contribution in [-0.2, 0) is 4.74 Å². The summed E-state index contributed by atoms with van der Waals surface area (Å²) in [5.74, 6) is 2.92. The highest BCUT2D eigenvalue weighted by atomic mass is 16.5. The fourth-order valence-corrected chi connectivity index (χ4v) is 4.34. The number of ether oxygens (including phenoxy) is 1. The van der Waals surface area contributed by atoms with Gasteiger partial charge in [0.05, 0.1) is 6.10 Å². The largest absolute Gasteiger partial charge is 0.378 e. The summed E-state index contributed by atoms with van der Waals surface area (Å²) in [7, 11) is 0. The van der Waals surface area contributed by atoms with Crippen LogP contribution in [0.3, 0.4) is 0 Å². The van der Waals surface area contributed by atoms with Gasteiger partial charge in [-0.3, -0.25) is 0 Å². The Hall–Kier alpha value is -0.300. The molecule has 2 aliphatic carbocycles. The van der Waals surface area contributed by atoms with E-state index in [4.69, 9.17) is 4.74 Å². The zero-order chi connectivity index (χ0) is 15.6. The smallest absolute Gasteiger partial charge is 0.0575 e. The molecule has 0 amide bonds. The Morgan fingerprint density at radius 3 is 1.95 bits per heavy atom. The molecule has 0 N–H and O–H groups in total. The van der Waals surface area contributed by atoms with E-state index in [2.05, 4.69) is 26.0 Å². The Bertz CT molecular complexity index is 293. The minimum absolute atomic E-state index is 0.581. The van der Waals surface area contributed by atoms with E-state index in [0.717, 1.165) is 30.8 Å². The lowest BCUT2D eigenvalue weighted by atomic mass is 9.77. The number of hydrogen-bond acceptors (Lipinski definition) is 1. The minimum atomic E-state index is 0.581. The summed E-state index contributed by atoms with van der Waals surface area (Å²) in [6.07, 6.45) is 22.1. The summed E-state index contributed by atoms with van der Waals surface area (Å²) in [5.41, 5.74) is 0. The molecule has 0 bridgehead atoms. The van der Waals surface area contributed by atoms with Gasteiger partial charge < -0.3 is 4.74 Å². The third-order valence-electron chi connectivity index (χ3n) is 5.87. The van der Waals surface area contributed by atoms with Crippen molar-refractivity contribution in [3.05, 3.63) is 12.2 Å². The highest BCUT2D eigenvalue weighted by molar-refractivity contribution is 4.90. The molecule has 1 heteroatoms. The lowest BCUT2D eigenvalue weighted by Crippen LogP contribution is -2.22. The molecule has 22 heavy (non-hydrogen) atoms. The summed E-state index contributed by atoms with van der Waals surface area (Å²) >= 11 is 0. The van der Waals surface area contributed by atoms with Crippen molar-refractivity contribution in [1.82, 2.24) is 0 Å². The van der Waals surface area contributed by atoms with Gasteiger partial charge in [-0.15, -0.1) is 0 Å². The van der Waals surface area contributed by atoms with Gasteiger partial charge in [-0.05, 0) is 82.0 Å². The summed E-state index contributed by atoms with van der Waals surface area (Å²) in [4.78, 5) is 0. The van der Waals surface area contributed by atoms with E-state index in [9.17, 15) is 0 Å². The lowest BCUT2D eigenvalue weighted by Gasteiger charge is -2.31. The number of rotatable bonds is 8. The Morgan fingerprint density at radius 2 is 1.41 bits per heavy atom. The Morgan fingerprint density at radius 1 is 0.818 bits per heavy atom. The van der Waals surface area contributed by atoms with Crippen LogP contribution in [0.2, 0.25) is 0 Å². The standard InChI is InChI=1S/C21H38O/c1-3-5-6-18-7-9-19(10-8-18)11-12-20-13-15-21(16-14-20)22-17-4-2/h5-6,18-21H,3-4,7-17H2,1-2H3. The topological polar surface area (TPSA) is 9.23 Å². The van der Waals surface area contributed by atoms with Gasteiger partial charge >= 0.3 is 0 Å². The second-order valence-electron chi connectivity index (χ2n) is 7.71. The van der Waals surface area contributed by atoms with Crippen LogP contribution < -0.4 is 0 Å². The molecule has 0 atom stereocenters. The first-order valence-electron chi connectivity index (χ1n) is 10.1. The summed E-state index contributed by atoms with van der Waals surface area (Å²) in [5, 5.41) is 0. The van der Waals surface area contributed by atoms with Gasteiger partial charge in [0.15, 0.2) is 0 Å². The zero-order valence-electron chi connectivity index (χ0n) is 15.1. The van der Waals surface area contributed by atoms with Crippen LogP contribution in [0.5, 0.6) is 0 Å². The fraction of sp³-hybridized carbons (Fsp3) is 0.905. The van der Waals surface area contributed by atoms with Crippen LogP contribution in [-0.4, -0.2) is 12.7 Å². The molecular formula is C21H38O. The maximum Gasteiger partial charge on any atom is 0.0575 e. The average molecular weight is 307 g/mol. The van der Waals surface area contributed by atoms with E-state index >= 15 is 0 Å². The van der Waals surface area contributed by atoms with Gasteiger partial charge in [0.25, 0.3) is 0 Å². The van der Waals surface area contributed by atoms with Gasteiger partial charge in [0.2, 0.25) is 0 Å². The van der Waals surface area contributed by atoms with Crippen molar-refractivity contribution in [3.8, 4) is 0 Å². The monoisotopic (exact) mass is 306 g/mol. The molecule has 1 nitrogen and oxygen atoms in total. The van der Waals surface area contributed by atoms with Gasteiger partial charge in [-0.2, -0.15) is 0 Å². The SMILES string of the molecule is CCC=CC1CCC(CCC2CCC(OCCC)CC2)CC1. The third-order valence-corrected chi connectivity index (χ3v) is 5.87. The quantitative estimate of drug-likeness (QED) is 0.463. The average Bonchev–Trinajstić information content (AvgIpc) is 2.58. The second kappa shape index (κ2) is 10.5. The molecule has 0 aromatic carbocycles. The first kappa shape index (κ1) is 18.0. The van der Waals surface area contributed by atoms with Crippen molar-refractivity contribution in [1.29, 1.82) is 0 Å². The normalized spacial score (nSPS) is 33.4. The predicted molar refractivity (Wildman–Crippen MR) is 96.1 cm³/mol. The zero-order valence-corrected chi connectivity index (χ0v) is 15.1. The van der Waals surface area contributed by atoms with Crippen molar-refractivity contribution in [3.63, 3.8) is 0 Å². The highest BCUT2D eigenvalue weighted by Crippen LogP contribution is 2.36. The number of allylic oxidation sites excluding steroid dienone is 2. The van der Waals surface area contributed by atoms with Crippen LogP contribution in [0.1, 0.15) is 90.9 Å². The van der Waals surface area contributed by atoms with Crippen molar-refractivity contribution >= 4 is 0 Å². The molecule has 0 radical (unpaired) electrons. The molecule has 0 aromatic heterocycles. The van der Waals surface area contributed by atoms with Crippen molar-refractivity contribution in [2.45, 2.75) is 97.0 Å². The van der Waals surface area contributed by atoms with E-state index < -0.39 is 0 Å². The fourth-order valence-electron chi connectivity index (χ4n) is 4.34. The van der Waals surface area contributed by atoms with Crippen LogP contribution >= 0.6 is 0 Å². The Labute approximate surface area is 138 Å². The van der Waals surface area contributed by atoms with E-state index in [0.29, 0.717) is 6.10 Å². The Kier molecular flexibility index (Phi) is 8.59. The maximum atomic E-state index is 5.91. The van der Waals surface area contributed by atoms with E-state index in [1.165, 1.54) is 70.6 Å². The van der Waals surface area contributed by atoms with Crippen LogP contribution in [0.4, 0.5) is 0 Å². The van der Waals surface area contributed by atoms with E-state index in [-0.39, 0.29) is 0 Å². The van der Waals surface area contributed by atoms with Crippen LogP contribution in [0, 0.1) is 17.8 Å². The van der Waals surface area contributed by atoms with Crippen molar-refractivity contribution in [2.24, 2.45) is 17.8 Å². The maximum absolute atomic E-state index is 5.91. The highest BCUT2D eigenvalue weighted by Gasteiger charge is 2.24. The summed E-state index contributed by atoms with van der Waals surface area (Å²) in [6, 6.07) is 0. The molecule has 0 unspecified atom stereocenters. The van der Waals surface area contributed by atoms with Gasteiger partial charge in [0.1, 0.15) is 0 Å². The summed E-state index contributed by atoms with van der Waals surface area (Å²) in [6.45, 7) is 5.41. The molecule has 0 heterocycles. The molecule has 0 aliphatic heterocycles. The molecule has 0 saturated heterocycles. The first-order chi connectivity index (χ1) is 10.8. The first-order valence-corrected chi connectivity index (χ1v) is 10.1. The second-order valence-corrected chi connectivity index (χ2v) is 7.71. The molecule has 2 saturated carbocycles. The van der Waals surface area contributed by atoms with E-state index in [1.807, 2.05) is 0 Å². The Balaban J connectivity index is 1.55.